The fourth-order valence-corrected chi connectivity index (χ4v) is 8.73. The van der Waals surface area contributed by atoms with Crippen molar-refractivity contribution in [1.82, 2.24) is 0 Å². The standard InChI is InChI=1S/C50H35N2O2/c1-50(2)42-19-8-6-15-41(42)46-43(50)27-26-40-39-18-11-20-44(48(39)54-49(40)46)52(35-28-30-51(31-29-35)33-12-4-3-5-13-33)34-24-22-32(23-25-34)36-16-10-17-38-37-14-7-9-21-45(37)53-47(36)38/h3-31H,1-2H3/q+1. The molecule has 11 rings (SSSR count). The van der Waals surface area contributed by atoms with Crippen LogP contribution in [-0.4, -0.2) is 0 Å². The molecular formula is C50H35N2O2+. The van der Waals surface area contributed by atoms with Crippen LogP contribution >= 0.6 is 0 Å². The highest BCUT2D eigenvalue weighted by molar-refractivity contribution is 6.15. The Morgan fingerprint density at radius 2 is 1.11 bits per heavy atom. The Morgan fingerprint density at radius 1 is 0.463 bits per heavy atom. The minimum absolute atomic E-state index is 0.111. The number of hydrogen-bond donors (Lipinski definition) is 0. The van der Waals surface area contributed by atoms with Crippen LogP contribution in [0.2, 0.25) is 0 Å². The maximum Gasteiger partial charge on any atom is 0.210 e. The molecule has 0 unspecified atom stereocenters. The van der Waals surface area contributed by atoms with Crippen LogP contribution in [0, 0.1) is 0 Å². The summed E-state index contributed by atoms with van der Waals surface area (Å²) >= 11 is 0. The second-order valence-electron chi connectivity index (χ2n) is 14.8. The Balaban J connectivity index is 1.09. The highest BCUT2D eigenvalue weighted by atomic mass is 16.3. The third-order valence-corrected chi connectivity index (χ3v) is 11.4. The van der Waals surface area contributed by atoms with Crippen molar-refractivity contribution >= 4 is 60.9 Å². The number of para-hydroxylation sites is 4. The molecule has 0 atom stereocenters. The molecule has 3 aromatic heterocycles. The third-order valence-electron chi connectivity index (χ3n) is 11.4. The smallest absolute Gasteiger partial charge is 0.210 e. The highest BCUT2D eigenvalue weighted by Crippen LogP contribution is 2.53. The monoisotopic (exact) mass is 695 g/mol. The maximum absolute atomic E-state index is 7.10. The molecule has 0 bridgehead atoms. The molecular weight excluding hydrogens is 661 g/mol. The van der Waals surface area contributed by atoms with E-state index in [9.17, 15) is 0 Å². The number of furan rings is 2. The van der Waals surface area contributed by atoms with Crippen LogP contribution in [0.4, 0.5) is 17.1 Å². The fraction of sp³-hybridized carbons (Fsp3) is 0.0600. The third kappa shape index (κ3) is 4.47. The fourth-order valence-electron chi connectivity index (χ4n) is 8.73. The van der Waals surface area contributed by atoms with Crippen LogP contribution in [0.25, 0.3) is 71.8 Å². The van der Waals surface area contributed by atoms with E-state index >= 15 is 0 Å². The summed E-state index contributed by atoms with van der Waals surface area (Å²) in [4.78, 5) is 2.31. The van der Waals surface area contributed by atoms with Crippen molar-refractivity contribution in [3.63, 3.8) is 0 Å². The molecule has 0 radical (unpaired) electrons. The summed E-state index contributed by atoms with van der Waals surface area (Å²) in [5.74, 6) is 0. The zero-order valence-corrected chi connectivity index (χ0v) is 30.0. The number of aromatic nitrogens is 1. The van der Waals surface area contributed by atoms with Crippen LogP contribution in [0.1, 0.15) is 25.0 Å². The molecule has 0 saturated carbocycles. The highest BCUT2D eigenvalue weighted by Gasteiger charge is 2.37. The predicted molar refractivity (Wildman–Crippen MR) is 220 cm³/mol. The Hall–Kier alpha value is -6.91. The van der Waals surface area contributed by atoms with Gasteiger partial charge in [-0.3, -0.25) is 0 Å². The van der Waals surface area contributed by atoms with E-state index in [-0.39, 0.29) is 5.41 Å². The number of rotatable bonds is 5. The summed E-state index contributed by atoms with van der Waals surface area (Å²) in [6.07, 6.45) is 4.25. The van der Waals surface area contributed by atoms with Crippen molar-refractivity contribution in [2.24, 2.45) is 0 Å². The molecule has 0 saturated heterocycles. The number of benzene rings is 7. The van der Waals surface area contributed by atoms with Gasteiger partial charge in [-0.1, -0.05) is 129 Å². The summed E-state index contributed by atoms with van der Waals surface area (Å²) in [5.41, 5.74) is 14.9. The second kappa shape index (κ2) is 11.5. The van der Waals surface area contributed by atoms with Crippen LogP contribution in [-0.2, 0) is 5.41 Å². The van der Waals surface area contributed by atoms with E-state index in [0.717, 1.165) is 77.8 Å². The van der Waals surface area contributed by atoms with E-state index in [1.807, 2.05) is 18.2 Å². The molecule has 0 amide bonds. The molecule has 0 N–H and O–H groups in total. The minimum Gasteiger partial charge on any atom is -0.455 e. The lowest BCUT2D eigenvalue weighted by Gasteiger charge is -2.25. The van der Waals surface area contributed by atoms with Gasteiger partial charge < -0.3 is 13.7 Å². The molecule has 0 aliphatic heterocycles. The van der Waals surface area contributed by atoms with E-state index in [1.54, 1.807) is 0 Å². The molecule has 7 aromatic carbocycles. The first-order chi connectivity index (χ1) is 26.5. The molecule has 1 aliphatic carbocycles. The number of pyridine rings is 1. The van der Waals surface area contributed by atoms with Gasteiger partial charge in [0.15, 0.2) is 18.0 Å². The summed E-state index contributed by atoms with van der Waals surface area (Å²) in [7, 11) is 0. The average Bonchev–Trinajstić information content (AvgIpc) is 3.87. The Morgan fingerprint density at radius 3 is 1.94 bits per heavy atom. The van der Waals surface area contributed by atoms with E-state index in [0.29, 0.717) is 0 Å². The molecule has 10 aromatic rings. The van der Waals surface area contributed by atoms with Gasteiger partial charge in [0.1, 0.15) is 16.7 Å². The van der Waals surface area contributed by atoms with E-state index in [1.165, 1.54) is 22.3 Å². The Bertz CT molecular complexity index is 3060. The first-order valence-electron chi connectivity index (χ1n) is 18.5. The molecule has 54 heavy (non-hydrogen) atoms. The molecule has 1 aliphatic rings. The molecule has 256 valence electrons. The number of fused-ring (bicyclic) bond motifs is 10. The first-order valence-corrected chi connectivity index (χ1v) is 18.5. The lowest BCUT2D eigenvalue weighted by atomic mass is 9.82. The van der Waals surface area contributed by atoms with E-state index in [4.69, 9.17) is 8.83 Å². The van der Waals surface area contributed by atoms with Gasteiger partial charge in [0.25, 0.3) is 0 Å². The number of hydrogen-bond acceptors (Lipinski definition) is 3. The van der Waals surface area contributed by atoms with Gasteiger partial charge in [0.05, 0.1) is 11.4 Å². The van der Waals surface area contributed by atoms with Gasteiger partial charge in [0, 0.05) is 68.0 Å². The van der Waals surface area contributed by atoms with Crippen molar-refractivity contribution in [1.29, 1.82) is 0 Å². The summed E-state index contributed by atoms with van der Waals surface area (Å²) < 4.78 is 15.7. The van der Waals surface area contributed by atoms with Crippen LogP contribution in [0.15, 0.2) is 185 Å². The van der Waals surface area contributed by atoms with Gasteiger partial charge >= 0.3 is 0 Å². The van der Waals surface area contributed by atoms with Gasteiger partial charge in [-0.15, -0.1) is 0 Å². The molecule has 0 fully saturated rings. The number of anilines is 3. The summed E-state index contributed by atoms with van der Waals surface area (Å²) in [5, 5.41) is 4.48. The Kier molecular flexibility index (Phi) is 6.56. The lowest BCUT2D eigenvalue weighted by molar-refractivity contribution is -0.595. The van der Waals surface area contributed by atoms with Gasteiger partial charge in [-0.2, -0.15) is 4.57 Å². The zero-order valence-electron chi connectivity index (χ0n) is 30.0. The molecule has 3 heterocycles. The zero-order chi connectivity index (χ0) is 36.0. The van der Waals surface area contributed by atoms with Crippen LogP contribution in [0.5, 0.6) is 0 Å². The quantitative estimate of drug-likeness (QED) is 0.168. The second-order valence-corrected chi connectivity index (χ2v) is 14.8. The van der Waals surface area contributed by atoms with Crippen molar-refractivity contribution in [3.05, 3.63) is 187 Å². The molecule has 4 nitrogen and oxygen atoms in total. The Labute approximate surface area is 312 Å². The minimum atomic E-state index is -0.111. The van der Waals surface area contributed by atoms with E-state index < -0.39 is 0 Å². The van der Waals surface area contributed by atoms with Gasteiger partial charge in [-0.05, 0) is 46.5 Å². The lowest BCUT2D eigenvalue weighted by Crippen LogP contribution is -2.29. The van der Waals surface area contributed by atoms with Crippen molar-refractivity contribution < 1.29 is 13.4 Å². The summed E-state index contributed by atoms with van der Waals surface area (Å²) in [6, 6.07) is 58.0. The van der Waals surface area contributed by atoms with Crippen molar-refractivity contribution in [2.75, 3.05) is 4.90 Å². The largest absolute Gasteiger partial charge is 0.455 e. The predicted octanol–water partition coefficient (Wildman–Crippen LogP) is 13.2. The summed E-state index contributed by atoms with van der Waals surface area (Å²) in [6.45, 7) is 4.63. The van der Waals surface area contributed by atoms with Crippen LogP contribution < -0.4 is 9.47 Å². The molecule has 0 spiro atoms. The molecule has 4 heteroatoms. The van der Waals surface area contributed by atoms with E-state index in [2.05, 4.69) is 181 Å². The SMILES string of the molecule is CC1(C)c2ccccc2-c2c1ccc1c2oc2c(N(c3ccc(-c4cccc5c4oc4ccccc45)cc3)c3cc[n+](-c4ccccc4)cc3)cccc21. The maximum atomic E-state index is 7.10. The van der Waals surface area contributed by atoms with Crippen LogP contribution in [0.3, 0.4) is 0 Å². The van der Waals surface area contributed by atoms with Gasteiger partial charge in [-0.25, -0.2) is 0 Å². The van der Waals surface area contributed by atoms with Crippen molar-refractivity contribution in [2.45, 2.75) is 19.3 Å². The van der Waals surface area contributed by atoms with Gasteiger partial charge in [0.2, 0.25) is 5.69 Å². The topological polar surface area (TPSA) is 33.4 Å². The first kappa shape index (κ1) is 30.7. The van der Waals surface area contributed by atoms with Crippen molar-refractivity contribution in [3.8, 4) is 27.9 Å². The number of nitrogens with zero attached hydrogens (tertiary/aromatic N) is 2. The normalized spacial score (nSPS) is 13.1. The average molecular weight is 696 g/mol.